The molecule has 1 saturated carbocycles. The molecule has 1 N–H and O–H groups in total. The summed E-state index contributed by atoms with van der Waals surface area (Å²) in [5, 5.41) is 7.28. The van der Waals surface area contributed by atoms with E-state index in [-0.39, 0.29) is 24.1 Å². The molecule has 1 aromatic heterocycles. The highest BCUT2D eigenvalue weighted by molar-refractivity contribution is 5.91. The average Bonchev–Trinajstić information content (AvgIpc) is 3.47. The second-order valence-corrected chi connectivity index (χ2v) is 7.33. The molecule has 0 spiro atoms. The van der Waals surface area contributed by atoms with Gasteiger partial charge in [0.05, 0.1) is 17.9 Å². The Balaban J connectivity index is 1.48. The fourth-order valence-electron chi connectivity index (χ4n) is 3.33. The SMILES string of the molecule is Cc1cc(NC(=O)CN(Cc2ccccc2F)C2CC2)n(-c2ccc(F)cc2)n1. The molecule has 2 aromatic carbocycles. The number of rotatable bonds is 7. The minimum Gasteiger partial charge on any atom is -0.309 e. The molecule has 1 aliphatic rings. The number of carbonyl (C=O) groups is 1. The molecule has 29 heavy (non-hydrogen) atoms. The Bertz CT molecular complexity index is 1010. The third kappa shape index (κ3) is 4.68. The molecule has 0 unspecified atom stereocenters. The summed E-state index contributed by atoms with van der Waals surface area (Å²) in [5.41, 5.74) is 1.97. The van der Waals surface area contributed by atoms with Crippen molar-refractivity contribution in [1.29, 1.82) is 0 Å². The summed E-state index contributed by atoms with van der Waals surface area (Å²) in [4.78, 5) is 14.7. The lowest BCUT2D eigenvalue weighted by Gasteiger charge is -2.22. The number of aryl methyl sites for hydroxylation is 1. The minimum absolute atomic E-state index is 0.159. The standard InChI is InChI=1S/C22H22F2N4O/c1-15-12-21(28(26-15)19-8-6-17(23)7-9-19)25-22(29)14-27(18-10-11-18)13-16-4-2-3-5-20(16)24/h2-9,12,18H,10-11,13-14H2,1H3,(H,25,29). The second-order valence-electron chi connectivity index (χ2n) is 7.33. The first-order valence-corrected chi connectivity index (χ1v) is 9.59. The zero-order valence-electron chi connectivity index (χ0n) is 16.1. The third-order valence-electron chi connectivity index (χ3n) is 4.91. The van der Waals surface area contributed by atoms with Crippen LogP contribution in [0.4, 0.5) is 14.6 Å². The van der Waals surface area contributed by atoms with E-state index in [4.69, 9.17) is 0 Å². The van der Waals surface area contributed by atoms with Gasteiger partial charge in [-0.3, -0.25) is 9.69 Å². The van der Waals surface area contributed by atoms with Crippen LogP contribution in [0.3, 0.4) is 0 Å². The third-order valence-corrected chi connectivity index (χ3v) is 4.91. The molecule has 0 saturated heterocycles. The van der Waals surface area contributed by atoms with Crippen LogP contribution in [0.5, 0.6) is 0 Å². The molecule has 0 radical (unpaired) electrons. The Morgan fingerprint density at radius 3 is 2.59 bits per heavy atom. The topological polar surface area (TPSA) is 50.2 Å². The number of hydrogen-bond acceptors (Lipinski definition) is 3. The molecule has 0 bridgehead atoms. The number of nitrogens with one attached hydrogen (secondary N) is 1. The summed E-state index contributed by atoms with van der Waals surface area (Å²) in [6.45, 7) is 2.37. The molecular weight excluding hydrogens is 374 g/mol. The number of nitrogens with zero attached hydrogens (tertiary/aromatic N) is 3. The van der Waals surface area contributed by atoms with Crippen molar-refractivity contribution in [3.8, 4) is 5.69 Å². The van der Waals surface area contributed by atoms with Crippen molar-refractivity contribution >= 4 is 11.7 Å². The van der Waals surface area contributed by atoms with Crippen LogP contribution in [0.25, 0.3) is 5.69 Å². The molecule has 1 fully saturated rings. The molecule has 1 amide bonds. The normalized spacial score (nSPS) is 13.7. The zero-order valence-corrected chi connectivity index (χ0v) is 16.1. The van der Waals surface area contributed by atoms with Gasteiger partial charge in [0.1, 0.15) is 17.5 Å². The molecule has 1 aliphatic carbocycles. The van der Waals surface area contributed by atoms with Crippen molar-refractivity contribution in [2.24, 2.45) is 0 Å². The highest BCUT2D eigenvalue weighted by Gasteiger charge is 2.31. The van der Waals surface area contributed by atoms with Crippen LogP contribution in [0.15, 0.2) is 54.6 Å². The predicted molar refractivity (Wildman–Crippen MR) is 107 cm³/mol. The van der Waals surface area contributed by atoms with Crippen LogP contribution in [-0.2, 0) is 11.3 Å². The number of anilines is 1. The Morgan fingerprint density at radius 1 is 1.17 bits per heavy atom. The zero-order chi connectivity index (χ0) is 20.4. The number of amides is 1. The van der Waals surface area contributed by atoms with E-state index >= 15 is 0 Å². The molecule has 1 heterocycles. The van der Waals surface area contributed by atoms with Gasteiger partial charge in [-0.2, -0.15) is 5.10 Å². The lowest BCUT2D eigenvalue weighted by Crippen LogP contribution is -2.35. The summed E-state index contributed by atoms with van der Waals surface area (Å²) < 4.78 is 28.8. The predicted octanol–water partition coefficient (Wildman–Crippen LogP) is 4.06. The first-order chi connectivity index (χ1) is 14.0. The highest BCUT2D eigenvalue weighted by atomic mass is 19.1. The molecule has 3 aromatic rings. The summed E-state index contributed by atoms with van der Waals surface area (Å²) in [5.74, 6) is -0.280. The van der Waals surface area contributed by atoms with E-state index in [1.54, 1.807) is 41.1 Å². The van der Waals surface area contributed by atoms with Gasteiger partial charge in [-0.15, -0.1) is 0 Å². The van der Waals surface area contributed by atoms with Crippen molar-refractivity contribution in [3.63, 3.8) is 0 Å². The molecule has 0 aliphatic heterocycles. The van der Waals surface area contributed by atoms with Crippen LogP contribution in [0.2, 0.25) is 0 Å². The monoisotopic (exact) mass is 396 g/mol. The van der Waals surface area contributed by atoms with E-state index in [1.807, 2.05) is 11.8 Å². The summed E-state index contributed by atoms with van der Waals surface area (Å²) in [7, 11) is 0. The first-order valence-electron chi connectivity index (χ1n) is 9.59. The van der Waals surface area contributed by atoms with Gasteiger partial charge in [0.2, 0.25) is 5.91 Å². The number of hydrogen-bond donors (Lipinski definition) is 1. The maximum atomic E-state index is 14.0. The molecule has 0 atom stereocenters. The van der Waals surface area contributed by atoms with E-state index in [9.17, 15) is 13.6 Å². The number of benzene rings is 2. The van der Waals surface area contributed by atoms with Gasteiger partial charge in [-0.1, -0.05) is 18.2 Å². The van der Waals surface area contributed by atoms with Crippen molar-refractivity contribution in [3.05, 3.63) is 77.5 Å². The van der Waals surface area contributed by atoms with Gasteiger partial charge < -0.3 is 5.32 Å². The molecule has 150 valence electrons. The fraction of sp³-hybridized carbons (Fsp3) is 0.273. The Morgan fingerprint density at radius 2 is 1.90 bits per heavy atom. The molecule has 7 heteroatoms. The fourth-order valence-corrected chi connectivity index (χ4v) is 3.33. The van der Waals surface area contributed by atoms with Crippen molar-refractivity contribution in [2.75, 3.05) is 11.9 Å². The van der Waals surface area contributed by atoms with Gasteiger partial charge in [0.15, 0.2) is 0 Å². The Hall–Kier alpha value is -3.06. The van der Waals surface area contributed by atoms with Crippen molar-refractivity contribution in [1.82, 2.24) is 14.7 Å². The maximum Gasteiger partial charge on any atom is 0.239 e. The van der Waals surface area contributed by atoms with Gasteiger partial charge in [0, 0.05) is 24.2 Å². The Labute approximate surface area is 168 Å². The number of aromatic nitrogens is 2. The molecular formula is C22H22F2N4O. The molecule has 4 rings (SSSR count). The van der Waals surface area contributed by atoms with Crippen LogP contribution in [0, 0.1) is 18.6 Å². The van der Waals surface area contributed by atoms with Gasteiger partial charge in [0.25, 0.3) is 0 Å². The van der Waals surface area contributed by atoms with Crippen LogP contribution >= 0.6 is 0 Å². The summed E-state index contributed by atoms with van der Waals surface area (Å²) in [6.07, 6.45) is 2.02. The van der Waals surface area contributed by atoms with Gasteiger partial charge in [-0.05, 0) is 50.1 Å². The molecule has 5 nitrogen and oxygen atoms in total. The average molecular weight is 396 g/mol. The van der Waals surface area contributed by atoms with E-state index in [0.29, 0.717) is 29.7 Å². The first kappa shape index (κ1) is 19.3. The van der Waals surface area contributed by atoms with Crippen LogP contribution < -0.4 is 5.32 Å². The van der Waals surface area contributed by atoms with E-state index < -0.39 is 0 Å². The van der Waals surface area contributed by atoms with Gasteiger partial charge >= 0.3 is 0 Å². The lowest BCUT2D eigenvalue weighted by molar-refractivity contribution is -0.117. The Kier molecular flexibility index (Phi) is 5.40. The maximum absolute atomic E-state index is 14.0. The lowest BCUT2D eigenvalue weighted by atomic mass is 10.2. The van der Waals surface area contributed by atoms with Crippen LogP contribution in [0.1, 0.15) is 24.1 Å². The number of carbonyl (C=O) groups excluding carboxylic acids is 1. The van der Waals surface area contributed by atoms with E-state index in [2.05, 4.69) is 10.4 Å². The second kappa shape index (κ2) is 8.13. The largest absolute Gasteiger partial charge is 0.309 e. The number of halogens is 2. The summed E-state index contributed by atoms with van der Waals surface area (Å²) in [6, 6.07) is 14.6. The van der Waals surface area contributed by atoms with E-state index in [1.165, 1.54) is 18.2 Å². The highest BCUT2D eigenvalue weighted by Crippen LogP contribution is 2.28. The quantitative estimate of drug-likeness (QED) is 0.655. The van der Waals surface area contributed by atoms with Crippen LogP contribution in [-0.4, -0.2) is 33.2 Å². The minimum atomic E-state index is -0.337. The van der Waals surface area contributed by atoms with E-state index in [0.717, 1.165) is 18.5 Å². The van der Waals surface area contributed by atoms with Gasteiger partial charge in [-0.25, -0.2) is 13.5 Å². The summed E-state index contributed by atoms with van der Waals surface area (Å²) >= 11 is 0. The smallest absolute Gasteiger partial charge is 0.239 e. The van der Waals surface area contributed by atoms with Crippen molar-refractivity contribution < 1.29 is 13.6 Å². The van der Waals surface area contributed by atoms with Crippen molar-refractivity contribution in [2.45, 2.75) is 32.4 Å².